The van der Waals surface area contributed by atoms with Crippen molar-refractivity contribution in [2.24, 2.45) is 0 Å². The predicted octanol–water partition coefficient (Wildman–Crippen LogP) is 6.69. The summed E-state index contributed by atoms with van der Waals surface area (Å²) in [4.78, 5) is 26.5. The molecule has 1 saturated carbocycles. The summed E-state index contributed by atoms with van der Waals surface area (Å²) >= 11 is 0. The molecule has 1 amide bonds. The fourth-order valence-corrected chi connectivity index (χ4v) is 5.64. The fraction of sp³-hybridized carbons (Fsp3) is 0.387. The molecule has 1 aromatic carbocycles. The van der Waals surface area contributed by atoms with Crippen molar-refractivity contribution in [3.05, 3.63) is 89.9 Å². The first kappa shape index (κ1) is 27.8. The highest BCUT2D eigenvalue weighted by molar-refractivity contribution is 5.92. The van der Waals surface area contributed by atoms with Gasteiger partial charge in [-0.25, -0.2) is 4.98 Å². The van der Waals surface area contributed by atoms with Gasteiger partial charge >= 0.3 is 6.18 Å². The lowest BCUT2D eigenvalue weighted by molar-refractivity contribution is -0.137. The molecule has 3 heterocycles. The lowest BCUT2D eigenvalue weighted by atomic mass is 10.00. The maximum Gasteiger partial charge on any atom is 0.416 e. The third kappa shape index (κ3) is 7.27. The van der Waals surface area contributed by atoms with Gasteiger partial charge in [-0.05, 0) is 73.2 Å². The molecule has 2 fully saturated rings. The standard InChI is InChI=1S/C31H34F3N5O/c32-31(33,34)25-9-5-23(6-10-25)8-12-30(40)39(28-15-19-38(20-16-28)27-3-1-2-4-27)22-24-7-11-29(36-21-24)37-26-13-17-35-18-14-26/h5-14,17-18,21,27-28H,1-4,15-16,19-20,22H2,(H,35,36,37)/b12-8+. The molecular weight excluding hydrogens is 515 g/mol. The van der Waals surface area contributed by atoms with Crippen molar-refractivity contribution < 1.29 is 18.0 Å². The van der Waals surface area contributed by atoms with Gasteiger partial charge in [0.2, 0.25) is 5.91 Å². The van der Waals surface area contributed by atoms with Crippen LogP contribution in [-0.2, 0) is 17.5 Å². The normalized spacial score (nSPS) is 17.4. The summed E-state index contributed by atoms with van der Waals surface area (Å²) in [6, 6.07) is 13.1. The number of alkyl halides is 3. The van der Waals surface area contributed by atoms with E-state index in [1.54, 1.807) is 24.7 Å². The zero-order valence-electron chi connectivity index (χ0n) is 22.4. The highest BCUT2D eigenvalue weighted by Gasteiger charge is 2.32. The van der Waals surface area contributed by atoms with E-state index in [0.29, 0.717) is 24.0 Å². The van der Waals surface area contributed by atoms with Gasteiger partial charge < -0.3 is 15.1 Å². The van der Waals surface area contributed by atoms with Gasteiger partial charge in [0.15, 0.2) is 0 Å². The number of benzene rings is 1. The number of hydrogen-bond donors (Lipinski definition) is 1. The molecule has 5 rings (SSSR count). The Morgan fingerprint density at radius 1 is 0.975 bits per heavy atom. The quantitative estimate of drug-likeness (QED) is 0.317. The first-order valence-corrected chi connectivity index (χ1v) is 13.9. The molecule has 0 unspecified atom stereocenters. The van der Waals surface area contributed by atoms with Crippen LogP contribution in [0.15, 0.2) is 73.2 Å². The molecule has 210 valence electrons. The molecule has 1 aliphatic carbocycles. The number of nitrogens with zero attached hydrogens (tertiary/aromatic N) is 4. The van der Waals surface area contributed by atoms with E-state index in [2.05, 4.69) is 20.2 Å². The van der Waals surface area contributed by atoms with Crippen molar-refractivity contribution in [1.29, 1.82) is 0 Å². The van der Waals surface area contributed by atoms with E-state index < -0.39 is 11.7 Å². The van der Waals surface area contributed by atoms with Crippen LogP contribution in [0.1, 0.15) is 55.2 Å². The molecular formula is C31H34F3N5O. The molecule has 0 atom stereocenters. The van der Waals surface area contributed by atoms with Crippen LogP contribution in [-0.4, -0.2) is 50.8 Å². The Balaban J connectivity index is 1.28. The average Bonchev–Trinajstić information content (AvgIpc) is 3.51. The number of hydrogen-bond acceptors (Lipinski definition) is 5. The molecule has 0 bridgehead atoms. The van der Waals surface area contributed by atoms with Crippen molar-refractivity contribution >= 4 is 23.5 Å². The van der Waals surface area contributed by atoms with Crippen LogP contribution >= 0.6 is 0 Å². The number of carbonyl (C=O) groups is 1. The lowest BCUT2D eigenvalue weighted by Gasteiger charge is -2.40. The second-order valence-corrected chi connectivity index (χ2v) is 10.5. The summed E-state index contributed by atoms with van der Waals surface area (Å²) in [6.07, 6.45) is 10.7. The van der Waals surface area contributed by atoms with E-state index in [0.717, 1.165) is 49.3 Å². The zero-order valence-corrected chi connectivity index (χ0v) is 22.4. The van der Waals surface area contributed by atoms with Crippen LogP contribution in [0, 0.1) is 0 Å². The Labute approximate surface area is 232 Å². The van der Waals surface area contributed by atoms with E-state index in [4.69, 9.17) is 0 Å². The Morgan fingerprint density at radius 3 is 2.30 bits per heavy atom. The van der Waals surface area contributed by atoms with Gasteiger partial charge in [0.25, 0.3) is 0 Å². The van der Waals surface area contributed by atoms with Gasteiger partial charge in [0.1, 0.15) is 5.82 Å². The maximum absolute atomic E-state index is 13.5. The van der Waals surface area contributed by atoms with Gasteiger partial charge in [0.05, 0.1) is 5.56 Å². The molecule has 3 aromatic rings. The molecule has 6 nitrogen and oxygen atoms in total. The summed E-state index contributed by atoms with van der Waals surface area (Å²) in [7, 11) is 0. The smallest absolute Gasteiger partial charge is 0.340 e. The number of carbonyl (C=O) groups excluding carboxylic acids is 1. The van der Waals surface area contributed by atoms with Crippen LogP contribution < -0.4 is 5.32 Å². The summed E-state index contributed by atoms with van der Waals surface area (Å²) in [6.45, 7) is 2.34. The Kier molecular flexibility index (Phi) is 8.79. The molecule has 0 spiro atoms. The number of rotatable bonds is 8. The highest BCUT2D eigenvalue weighted by atomic mass is 19.4. The number of amides is 1. The van der Waals surface area contributed by atoms with Crippen LogP contribution in [0.25, 0.3) is 6.08 Å². The average molecular weight is 550 g/mol. The number of piperidine rings is 1. The Morgan fingerprint density at radius 2 is 1.68 bits per heavy atom. The molecule has 2 aliphatic rings. The molecule has 1 aliphatic heterocycles. The van der Waals surface area contributed by atoms with Gasteiger partial charge in [0, 0.05) is 62.1 Å². The van der Waals surface area contributed by atoms with E-state index in [1.165, 1.54) is 43.9 Å². The lowest BCUT2D eigenvalue weighted by Crippen LogP contribution is -2.48. The van der Waals surface area contributed by atoms with Crippen molar-refractivity contribution in [1.82, 2.24) is 19.8 Å². The number of aromatic nitrogens is 2. The largest absolute Gasteiger partial charge is 0.416 e. The van der Waals surface area contributed by atoms with Crippen molar-refractivity contribution in [2.45, 2.75) is 63.3 Å². The summed E-state index contributed by atoms with van der Waals surface area (Å²) in [5.74, 6) is 0.540. The monoisotopic (exact) mass is 549 g/mol. The SMILES string of the molecule is O=C(/C=C/c1ccc(C(F)(F)F)cc1)N(Cc1ccc(Nc2ccncc2)nc1)C1CCN(C2CCCC2)CC1. The van der Waals surface area contributed by atoms with E-state index >= 15 is 0 Å². The fourth-order valence-electron chi connectivity index (χ4n) is 5.64. The van der Waals surface area contributed by atoms with Crippen LogP contribution in [0.2, 0.25) is 0 Å². The van der Waals surface area contributed by atoms with Gasteiger partial charge in [-0.3, -0.25) is 9.78 Å². The zero-order chi connectivity index (χ0) is 28.0. The van der Waals surface area contributed by atoms with Crippen LogP contribution in [0.4, 0.5) is 24.7 Å². The molecule has 1 N–H and O–H groups in total. The van der Waals surface area contributed by atoms with Gasteiger partial charge in [-0.1, -0.05) is 31.0 Å². The minimum absolute atomic E-state index is 0.0806. The van der Waals surface area contributed by atoms with Crippen molar-refractivity contribution in [2.75, 3.05) is 18.4 Å². The summed E-state index contributed by atoms with van der Waals surface area (Å²) < 4.78 is 38.8. The van der Waals surface area contributed by atoms with E-state index in [1.807, 2.05) is 29.2 Å². The Bertz CT molecular complexity index is 1270. The highest BCUT2D eigenvalue weighted by Crippen LogP contribution is 2.30. The van der Waals surface area contributed by atoms with Crippen molar-refractivity contribution in [3.63, 3.8) is 0 Å². The predicted molar refractivity (Wildman–Crippen MR) is 150 cm³/mol. The number of pyridine rings is 2. The Hall–Kier alpha value is -3.72. The maximum atomic E-state index is 13.5. The minimum atomic E-state index is -4.39. The molecule has 2 aromatic heterocycles. The van der Waals surface area contributed by atoms with E-state index in [-0.39, 0.29) is 11.9 Å². The second kappa shape index (κ2) is 12.6. The molecule has 40 heavy (non-hydrogen) atoms. The summed E-state index contributed by atoms with van der Waals surface area (Å²) in [5, 5.41) is 3.24. The third-order valence-electron chi connectivity index (χ3n) is 7.85. The molecule has 9 heteroatoms. The summed E-state index contributed by atoms with van der Waals surface area (Å²) in [5.41, 5.74) is 1.64. The van der Waals surface area contributed by atoms with Crippen molar-refractivity contribution in [3.8, 4) is 0 Å². The molecule has 0 radical (unpaired) electrons. The second-order valence-electron chi connectivity index (χ2n) is 10.5. The van der Waals surface area contributed by atoms with Gasteiger partial charge in [-0.2, -0.15) is 13.2 Å². The topological polar surface area (TPSA) is 61.4 Å². The number of anilines is 2. The minimum Gasteiger partial charge on any atom is -0.340 e. The third-order valence-corrected chi connectivity index (χ3v) is 7.85. The van der Waals surface area contributed by atoms with E-state index in [9.17, 15) is 18.0 Å². The first-order chi connectivity index (χ1) is 19.3. The number of nitrogens with one attached hydrogen (secondary N) is 1. The number of likely N-dealkylation sites (tertiary alicyclic amines) is 1. The first-order valence-electron chi connectivity index (χ1n) is 13.9. The molecule has 1 saturated heterocycles. The van der Waals surface area contributed by atoms with Crippen LogP contribution in [0.3, 0.4) is 0 Å². The van der Waals surface area contributed by atoms with Gasteiger partial charge in [-0.15, -0.1) is 0 Å². The van der Waals surface area contributed by atoms with Crippen LogP contribution in [0.5, 0.6) is 0 Å². The number of halogens is 3.